The molecule has 1 aliphatic heterocycles. The number of hydrogen-bond acceptors (Lipinski definition) is 6. The van der Waals surface area contributed by atoms with Crippen LogP contribution in [0.25, 0.3) is 10.9 Å². The van der Waals surface area contributed by atoms with Crippen LogP contribution in [0.5, 0.6) is 0 Å². The Labute approximate surface area is 209 Å². The van der Waals surface area contributed by atoms with Gasteiger partial charge in [-0.25, -0.2) is 9.78 Å². The van der Waals surface area contributed by atoms with Crippen LogP contribution in [0.4, 0.5) is 16.3 Å². The van der Waals surface area contributed by atoms with E-state index in [9.17, 15) is 14.4 Å². The number of piperidine rings is 1. The number of nitrogens with one attached hydrogen (secondary N) is 3. The summed E-state index contributed by atoms with van der Waals surface area (Å²) >= 11 is 0. The smallest absolute Gasteiger partial charge is 0.413 e. The molecule has 3 amide bonds. The molecule has 36 heavy (non-hydrogen) atoms. The van der Waals surface area contributed by atoms with Crippen molar-refractivity contribution >= 4 is 40.3 Å². The first kappa shape index (κ1) is 25.2. The summed E-state index contributed by atoms with van der Waals surface area (Å²) in [6.45, 7) is 9.62. The largest absolute Gasteiger partial charge is 0.444 e. The van der Waals surface area contributed by atoms with Gasteiger partial charge in [-0.2, -0.15) is 5.10 Å². The van der Waals surface area contributed by atoms with Gasteiger partial charge in [0.2, 0.25) is 0 Å². The lowest BCUT2D eigenvalue weighted by Gasteiger charge is -2.38. The highest BCUT2D eigenvalue weighted by atomic mass is 16.6. The Morgan fingerprint density at radius 1 is 1.11 bits per heavy atom. The lowest BCUT2D eigenvalue weighted by atomic mass is 9.89. The average molecular weight is 493 g/mol. The van der Waals surface area contributed by atoms with Gasteiger partial charge in [-0.1, -0.05) is 19.1 Å². The van der Waals surface area contributed by atoms with Crippen molar-refractivity contribution in [3.63, 3.8) is 0 Å². The van der Waals surface area contributed by atoms with Gasteiger partial charge in [-0.05, 0) is 69.7 Å². The molecule has 0 bridgehead atoms. The average Bonchev–Trinajstić information content (AvgIpc) is 3.27. The summed E-state index contributed by atoms with van der Waals surface area (Å²) in [6.07, 6.45) is 4.26. The second-order valence-electron chi connectivity index (χ2n) is 10.3. The SMILES string of the molecule is Cc1cc(NC(=O)C(=O)N2C[C@H](C)CC[C@H]2c2ccc3cn[nH]c3c2)cnc1NC(=O)OC(C)(C)C. The molecule has 0 spiro atoms. The van der Waals surface area contributed by atoms with Crippen molar-refractivity contribution in [1.29, 1.82) is 0 Å². The maximum absolute atomic E-state index is 13.3. The number of carbonyl (C=O) groups excluding carboxylic acids is 3. The van der Waals surface area contributed by atoms with Crippen LogP contribution in [-0.2, 0) is 14.3 Å². The molecule has 2 aromatic heterocycles. The number of fused-ring (bicyclic) bond motifs is 1. The van der Waals surface area contributed by atoms with Crippen LogP contribution < -0.4 is 10.6 Å². The molecular formula is C26H32N6O4. The van der Waals surface area contributed by atoms with Gasteiger partial charge < -0.3 is 15.0 Å². The van der Waals surface area contributed by atoms with E-state index in [1.54, 1.807) is 44.9 Å². The van der Waals surface area contributed by atoms with Crippen LogP contribution in [0.2, 0.25) is 0 Å². The zero-order chi connectivity index (χ0) is 26.0. The summed E-state index contributed by atoms with van der Waals surface area (Å²) in [5, 5.41) is 13.3. The maximum atomic E-state index is 13.3. The third-order valence-corrected chi connectivity index (χ3v) is 6.08. The number of nitrogens with zero attached hydrogens (tertiary/aromatic N) is 3. The number of H-pyrrole nitrogens is 1. The van der Waals surface area contributed by atoms with Crippen molar-refractivity contribution in [2.24, 2.45) is 5.92 Å². The van der Waals surface area contributed by atoms with E-state index in [0.717, 1.165) is 29.3 Å². The monoisotopic (exact) mass is 492 g/mol. The molecule has 2 atom stereocenters. The maximum Gasteiger partial charge on any atom is 0.413 e. The Bertz CT molecular complexity index is 1300. The Morgan fingerprint density at radius 3 is 2.61 bits per heavy atom. The number of aromatic amines is 1. The molecule has 3 N–H and O–H groups in total. The molecule has 0 unspecified atom stereocenters. The van der Waals surface area contributed by atoms with Crippen LogP contribution in [0.3, 0.4) is 0 Å². The van der Waals surface area contributed by atoms with Gasteiger partial charge >= 0.3 is 17.9 Å². The molecule has 1 aromatic carbocycles. The fourth-order valence-corrected chi connectivity index (χ4v) is 4.37. The van der Waals surface area contributed by atoms with Gasteiger partial charge in [-0.15, -0.1) is 0 Å². The molecule has 10 heteroatoms. The quantitative estimate of drug-likeness (QED) is 0.460. The van der Waals surface area contributed by atoms with E-state index in [1.165, 1.54) is 6.20 Å². The number of amides is 3. The summed E-state index contributed by atoms with van der Waals surface area (Å²) < 4.78 is 5.25. The zero-order valence-electron chi connectivity index (χ0n) is 21.2. The van der Waals surface area contributed by atoms with Gasteiger partial charge in [0.25, 0.3) is 0 Å². The fraction of sp³-hybridized carbons (Fsp3) is 0.423. The number of pyridine rings is 1. The molecule has 1 fully saturated rings. The number of anilines is 2. The lowest BCUT2D eigenvalue weighted by Crippen LogP contribution is -2.46. The zero-order valence-corrected chi connectivity index (χ0v) is 21.2. The minimum Gasteiger partial charge on any atom is -0.444 e. The molecular weight excluding hydrogens is 460 g/mol. The van der Waals surface area contributed by atoms with Crippen molar-refractivity contribution in [1.82, 2.24) is 20.1 Å². The molecule has 1 saturated heterocycles. The van der Waals surface area contributed by atoms with Gasteiger partial charge in [0.05, 0.1) is 29.6 Å². The molecule has 0 radical (unpaired) electrons. The summed E-state index contributed by atoms with van der Waals surface area (Å²) in [6, 6.07) is 7.39. The van der Waals surface area contributed by atoms with Crippen LogP contribution in [-0.4, -0.2) is 50.1 Å². The van der Waals surface area contributed by atoms with Crippen LogP contribution in [0.1, 0.15) is 57.7 Å². The highest BCUT2D eigenvalue weighted by Gasteiger charge is 2.34. The number of likely N-dealkylation sites (tertiary alicyclic amines) is 1. The predicted molar refractivity (Wildman–Crippen MR) is 136 cm³/mol. The molecule has 4 rings (SSSR count). The van der Waals surface area contributed by atoms with Gasteiger partial charge in [-0.3, -0.25) is 20.0 Å². The van der Waals surface area contributed by atoms with E-state index in [1.807, 2.05) is 18.2 Å². The summed E-state index contributed by atoms with van der Waals surface area (Å²) in [4.78, 5) is 44.1. The summed E-state index contributed by atoms with van der Waals surface area (Å²) in [5.41, 5.74) is 2.20. The van der Waals surface area contributed by atoms with Gasteiger partial charge in [0, 0.05) is 11.9 Å². The number of aromatic nitrogens is 3. The van der Waals surface area contributed by atoms with Crippen molar-refractivity contribution < 1.29 is 19.1 Å². The topological polar surface area (TPSA) is 129 Å². The third kappa shape index (κ3) is 5.81. The second-order valence-corrected chi connectivity index (χ2v) is 10.3. The number of rotatable bonds is 3. The van der Waals surface area contributed by atoms with Crippen molar-refractivity contribution in [3.8, 4) is 0 Å². The van der Waals surface area contributed by atoms with E-state index in [2.05, 4.69) is 32.7 Å². The molecule has 10 nitrogen and oxygen atoms in total. The summed E-state index contributed by atoms with van der Waals surface area (Å²) in [7, 11) is 0. The van der Waals surface area contributed by atoms with Crippen LogP contribution in [0, 0.1) is 12.8 Å². The lowest BCUT2D eigenvalue weighted by molar-refractivity contribution is -0.146. The summed E-state index contributed by atoms with van der Waals surface area (Å²) in [5.74, 6) is -0.723. The minimum atomic E-state index is -0.731. The Kier molecular flexibility index (Phi) is 6.96. The van der Waals surface area contributed by atoms with Crippen LogP contribution >= 0.6 is 0 Å². The second kappa shape index (κ2) is 9.96. The van der Waals surface area contributed by atoms with E-state index >= 15 is 0 Å². The molecule has 3 heterocycles. The van der Waals surface area contributed by atoms with Gasteiger partial charge in [0.15, 0.2) is 0 Å². The molecule has 1 aliphatic rings. The van der Waals surface area contributed by atoms with Crippen molar-refractivity contribution in [2.75, 3.05) is 17.2 Å². The van der Waals surface area contributed by atoms with Crippen LogP contribution in [0.15, 0.2) is 36.7 Å². The molecule has 0 saturated carbocycles. The molecule has 0 aliphatic carbocycles. The first-order chi connectivity index (χ1) is 17.0. The number of carbonyl (C=O) groups is 3. The van der Waals surface area contributed by atoms with Crippen molar-refractivity contribution in [2.45, 2.75) is 59.1 Å². The fourth-order valence-electron chi connectivity index (χ4n) is 4.37. The first-order valence-electron chi connectivity index (χ1n) is 12.0. The highest BCUT2D eigenvalue weighted by molar-refractivity contribution is 6.39. The Balaban J connectivity index is 1.46. The number of ether oxygens (including phenoxy) is 1. The predicted octanol–water partition coefficient (Wildman–Crippen LogP) is 4.55. The van der Waals surface area contributed by atoms with Crippen molar-refractivity contribution in [3.05, 3.63) is 47.8 Å². The van der Waals surface area contributed by atoms with Gasteiger partial charge in [0.1, 0.15) is 11.4 Å². The van der Waals surface area contributed by atoms with E-state index < -0.39 is 23.5 Å². The number of benzene rings is 1. The standard InChI is InChI=1S/C26H32N6O4/c1-15-6-9-21(17-7-8-18-12-28-31-20(18)11-17)32(14-15)24(34)23(33)29-19-10-16(2)22(27-13-19)30-25(35)36-26(3,4)5/h7-8,10-13,15,21H,6,9,14H2,1-5H3,(H,28,31)(H,29,33)(H,27,30,35)/t15-,21+/m1/s1. The highest BCUT2D eigenvalue weighted by Crippen LogP contribution is 2.34. The first-order valence-corrected chi connectivity index (χ1v) is 12.0. The Morgan fingerprint density at radius 2 is 1.89 bits per heavy atom. The van der Waals surface area contributed by atoms with E-state index in [4.69, 9.17) is 4.74 Å². The number of hydrogen-bond donors (Lipinski definition) is 3. The molecule has 3 aromatic rings. The normalized spacial score (nSPS) is 18.1. The minimum absolute atomic E-state index is 0.201. The number of aryl methyl sites for hydroxylation is 1. The Hall–Kier alpha value is -3.95. The molecule has 190 valence electrons. The third-order valence-electron chi connectivity index (χ3n) is 6.08. The van der Waals surface area contributed by atoms with E-state index in [-0.39, 0.29) is 12.0 Å². The van der Waals surface area contributed by atoms with E-state index in [0.29, 0.717) is 23.6 Å².